The van der Waals surface area contributed by atoms with Crippen LogP contribution in [-0.4, -0.2) is 42.2 Å². The van der Waals surface area contributed by atoms with E-state index >= 15 is 0 Å². The van der Waals surface area contributed by atoms with E-state index in [4.69, 9.17) is 10.8 Å². The molecule has 3 fully saturated rings. The van der Waals surface area contributed by atoms with Crippen LogP contribution in [0.2, 0.25) is 0 Å². The van der Waals surface area contributed by atoms with E-state index in [0.29, 0.717) is 5.41 Å². The van der Waals surface area contributed by atoms with Gasteiger partial charge >= 0.3 is 0 Å². The summed E-state index contributed by atoms with van der Waals surface area (Å²) in [6.45, 7) is 12.0. The number of aliphatic hydroxyl groups is 1. The maximum absolute atomic E-state index is 11.1. The number of nitrogens with zero attached hydrogens (tertiary/aromatic N) is 1. The summed E-state index contributed by atoms with van der Waals surface area (Å²) in [6.07, 6.45) is 5.30. The third-order valence-corrected chi connectivity index (χ3v) is 6.67. The third kappa shape index (κ3) is 4.95. The van der Waals surface area contributed by atoms with Gasteiger partial charge in [-0.25, -0.2) is 0 Å². The van der Waals surface area contributed by atoms with E-state index in [1.54, 1.807) is 0 Å². The topological polar surface area (TPSA) is 66.6 Å². The molecule has 0 saturated heterocycles. The molecule has 1 amide bonds. The van der Waals surface area contributed by atoms with E-state index in [9.17, 15) is 4.79 Å². The van der Waals surface area contributed by atoms with Crippen LogP contribution in [0.3, 0.4) is 0 Å². The van der Waals surface area contributed by atoms with E-state index in [1.807, 2.05) is 25.8 Å². The van der Waals surface area contributed by atoms with E-state index in [1.165, 1.54) is 19.3 Å². The van der Waals surface area contributed by atoms with Crippen molar-refractivity contribution in [3.63, 3.8) is 0 Å². The second-order valence-electron chi connectivity index (χ2n) is 8.19. The molecular formula is C20H42N2O2. The zero-order valence-corrected chi connectivity index (χ0v) is 16.0. The van der Waals surface area contributed by atoms with Gasteiger partial charge in [0.25, 0.3) is 0 Å². The number of likely N-dealkylation sites (N-methyl/N-ethyl adjacent to an activating group) is 1. The average molecular weight is 343 g/mol. The molecular weight excluding hydrogens is 300 g/mol. The minimum Gasteiger partial charge on any atom is -0.396 e. The molecule has 4 nitrogen and oxygen atoms in total. The average Bonchev–Trinajstić information content (AvgIpc) is 2.51. The van der Waals surface area contributed by atoms with E-state index in [2.05, 4.69) is 20.8 Å². The van der Waals surface area contributed by atoms with E-state index in [0.717, 1.165) is 30.7 Å². The molecule has 3 aliphatic rings. The minimum atomic E-state index is -0.356. The van der Waals surface area contributed by atoms with Crippen molar-refractivity contribution in [2.24, 2.45) is 34.8 Å². The van der Waals surface area contributed by atoms with Gasteiger partial charge in [0.15, 0.2) is 0 Å². The van der Waals surface area contributed by atoms with Gasteiger partial charge in [0, 0.05) is 12.5 Å². The predicted octanol–water partition coefficient (Wildman–Crippen LogP) is 3.53. The van der Waals surface area contributed by atoms with E-state index < -0.39 is 0 Å². The molecule has 0 radical (unpaired) electrons. The Morgan fingerprint density at radius 1 is 1.33 bits per heavy atom. The molecule has 0 heterocycles. The molecule has 5 unspecified atom stereocenters. The molecule has 2 bridgehead atoms. The van der Waals surface area contributed by atoms with Crippen LogP contribution < -0.4 is 5.73 Å². The summed E-state index contributed by atoms with van der Waals surface area (Å²) in [7, 11) is 1.84. The van der Waals surface area contributed by atoms with Crippen LogP contribution in [0.25, 0.3) is 0 Å². The number of hydrogen-bond acceptors (Lipinski definition) is 3. The van der Waals surface area contributed by atoms with Crippen LogP contribution in [0.1, 0.15) is 67.7 Å². The lowest BCUT2D eigenvalue weighted by atomic mass is 9.46. The fraction of sp³-hybridized carbons (Fsp3) is 0.950. The van der Waals surface area contributed by atoms with Crippen LogP contribution in [0, 0.1) is 29.1 Å². The van der Waals surface area contributed by atoms with Crippen LogP contribution >= 0.6 is 0 Å². The molecule has 0 spiro atoms. The van der Waals surface area contributed by atoms with Crippen LogP contribution in [0.5, 0.6) is 0 Å². The number of rotatable bonds is 6. The Kier molecular flexibility index (Phi) is 9.52. The highest BCUT2D eigenvalue weighted by molar-refractivity contribution is 5.80. The number of nitrogens with two attached hydrogens (primary N) is 1. The van der Waals surface area contributed by atoms with Gasteiger partial charge in [-0.1, -0.05) is 48.5 Å². The number of carbonyl (C=O) groups is 1. The summed E-state index contributed by atoms with van der Waals surface area (Å²) in [5.74, 6) is 2.74. The Bertz CT molecular complexity index is 378. The molecule has 0 aromatic carbocycles. The molecule has 5 atom stereocenters. The van der Waals surface area contributed by atoms with Gasteiger partial charge in [-0.05, 0) is 56.0 Å². The van der Waals surface area contributed by atoms with Gasteiger partial charge in [0.05, 0.1) is 6.04 Å². The van der Waals surface area contributed by atoms with Crippen molar-refractivity contribution in [2.45, 2.75) is 73.8 Å². The van der Waals surface area contributed by atoms with Crippen molar-refractivity contribution in [2.75, 3.05) is 20.2 Å². The van der Waals surface area contributed by atoms with Gasteiger partial charge in [-0.3, -0.25) is 9.69 Å². The first kappa shape index (κ1) is 23.4. The summed E-state index contributed by atoms with van der Waals surface area (Å²) < 4.78 is 0. The van der Waals surface area contributed by atoms with Crippen LogP contribution in [0.15, 0.2) is 0 Å². The van der Waals surface area contributed by atoms with Gasteiger partial charge in [0.1, 0.15) is 0 Å². The zero-order valence-electron chi connectivity index (χ0n) is 16.0. The number of fused-ring (bicyclic) bond motifs is 2. The fourth-order valence-electron chi connectivity index (χ4n) is 4.64. The van der Waals surface area contributed by atoms with E-state index in [-0.39, 0.29) is 31.9 Å². The van der Waals surface area contributed by atoms with Gasteiger partial charge in [-0.15, -0.1) is 0 Å². The maximum atomic E-state index is 11.1. The molecule has 0 aromatic heterocycles. The second-order valence-corrected chi connectivity index (χ2v) is 8.19. The van der Waals surface area contributed by atoms with Crippen molar-refractivity contribution in [1.29, 1.82) is 0 Å². The molecule has 144 valence electrons. The van der Waals surface area contributed by atoms with Gasteiger partial charge in [0.2, 0.25) is 5.91 Å². The van der Waals surface area contributed by atoms with Crippen LogP contribution in [0.4, 0.5) is 0 Å². The summed E-state index contributed by atoms with van der Waals surface area (Å²) in [6, 6.07) is -0.347. The Morgan fingerprint density at radius 2 is 1.92 bits per heavy atom. The monoisotopic (exact) mass is 342 g/mol. The summed E-state index contributed by atoms with van der Waals surface area (Å²) in [5.41, 5.74) is 5.98. The molecule has 3 N–H and O–H groups in total. The van der Waals surface area contributed by atoms with Gasteiger partial charge < -0.3 is 10.8 Å². The normalized spacial score (nSPS) is 29.4. The fourth-order valence-corrected chi connectivity index (χ4v) is 4.64. The first-order valence-electron chi connectivity index (χ1n) is 9.30. The van der Waals surface area contributed by atoms with Crippen molar-refractivity contribution < 1.29 is 9.90 Å². The Hall–Kier alpha value is -0.610. The quantitative estimate of drug-likeness (QED) is 0.776. The standard InChI is InChI=1S/C10H18.C9H20N2O2.CH4/c1-7-4-5-8-6-9(7)10(8,2)3;1-4-7(6-12)8(9(10)13)11(3)5-2;/h7-9H,4-6H2,1-3H3;7-8,12H,4-6H2,1-3H3,(H2,10,13);1H4. The van der Waals surface area contributed by atoms with Crippen molar-refractivity contribution in [1.82, 2.24) is 4.90 Å². The number of carbonyl (C=O) groups excluding carboxylic acids is 1. The highest BCUT2D eigenvalue weighted by atomic mass is 16.3. The highest BCUT2D eigenvalue weighted by Gasteiger charge is 2.52. The molecule has 0 aromatic rings. The maximum Gasteiger partial charge on any atom is 0.235 e. The number of aliphatic hydroxyl groups excluding tert-OH is 1. The third-order valence-electron chi connectivity index (χ3n) is 6.67. The summed E-state index contributed by atoms with van der Waals surface area (Å²) in [5, 5.41) is 9.06. The van der Waals surface area contributed by atoms with Crippen molar-refractivity contribution in [3.8, 4) is 0 Å². The molecule has 0 aliphatic heterocycles. The largest absolute Gasteiger partial charge is 0.396 e. The highest BCUT2D eigenvalue weighted by Crippen LogP contribution is 2.61. The Labute approximate surface area is 150 Å². The van der Waals surface area contributed by atoms with Crippen molar-refractivity contribution >= 4 is 5.91 Å². The Morgan fingerprint density at radius 3 is 2.17 bits per heavy atom. The smallest absolute Gasteiger partial charge is 0.235 e. The van der Waals surface area contributed by atoms with Gasteiger partial charge in [-0.2, -0.15) is 0 Å². The lowest BCUT2D eigenvalue weighted by Crippen LogP contribution is -2.51. The lowest BCUT2D eigenvalue weighted by Gasteiger charge is -2.59. The second kappa shape index (κ2) is 9.76. The minimum absolute atomic E-state index is 0. The number of amides is 1. The first-order valence-corrected chi connectivity index (χ1v) is 9.30. The zero-order chi connectivity index (χ0) is 17.8. The van der Waals surface area contributed by atoms with Crippen molar-refractivity contribution in [3.05, 3.63) is 0 Å². The molecule has 3 saturated carbocycles. The molecule has 3 rings (SSSR count). The number of hydrogen-bond donors (Lipinski definition) is 2. The number of primary amides is 1. The Balaban J connectivity index is 0.000000432. The molecule has 3 aliphatic carbocycles. The lowest BCUT2D eigenvalue weighted by molar-refractivity contribution is -0.125. The summed E-state index contributed by atoms with van der Waals surface area (Å²) in [4.78, 5) is 13.0. The SMILES string of the molecule is C.CC1CCC2CC1C2(C)C.CCC(CO)C(C(N)=O)N(C)CC. The molecule has 24 heavy (non-hydrogen) atoms. The molecule has 4 heteroatoms. The summed E-state index contributed by atoms with van der Waals surface area (Å²) >= 11 is 0. The predicted molar refractivity (Wildman–Crippen MR) is 103 cm³/mol. The van der Waals surface area contributed by atoms with Crippen LogP contribution in [-0.2, 0) is 4.79 Å². The first-order chi connectivity index (χ1) is 10.7.